The summed E-state index contributed by atoms with van der Waals surface area (Å²) in [7, 11) is 0. The number of halogens is 1. The second-order valence-electron chi connectivity index (χ2n) is 5.76. The maximum atomic E-state index is 12.8. The zero-order chi connectivity index (χ0) is 18.2. The van der Waals surface area contributed by atoms with Crippen molar-refractivity contribution in [2.45, 2.75) is 13.2 Å². The van der Waals surface area contributed by atoms with Gasteiger partial charge in [0.25, 0.3) is 5.91 Å². The van der Waals surface area contributed by atoms with Crippen molar-refractivity contribution in [1.29, 1.82) is 0 Å². The lowest BCUT2D eigenvalue weighted by Gasteiger charge is -2.22. The van der Waals surface area contributed by atoms with Gasteiger partial charge in [-0.05, 0) is 42.0 Å². The normalized spacial score (nSPS) is 10.5. The smallest absolute Gasteiger partial charge is 0.253 e. The molecule has 1 heterocycles. The first kappa shape index (κ1) is 18.3. The number of hydrogen-bond acceptors (Lipinski definition) is 3. The summed E-state index contributed by atoms with van der Waals surface area (Å²) in [5.74, 6) is -0.103. The van der Waals surface area contributed by atoms with E-state index in [0.717, 1.165) is 21.4 Å². The number of carbonyl (C=O) groups is 1. The average Bonchev–Trinajstić information content (AvgIpc) is 2.68. The molecule has 0 radical (unpaired) electrons. The van der Waals surface area contributed by atoms with Crippen LogP contribution in [0.25, 0.3) is 0 Å². The Morgan fingerprint density at radius 3 is 2.38 bits per heavy atom. The van der Waals surface area contributed by atoms with Gasteiger partial charge in [0.15, 0.2) is 0 Å². The molecule has 0 aliphatic heterocycles. The lowest BCUT2D eigenvalue weighted by atomic mass is 10.2. The van der Waals surface area contributed by atoms with Crippen LogP contribution in [0.2, 0.25) is 0 Å². The van der Waals surface area contributed by atoms with Gasteiger partial charge in [-0.25, -0.2) is 0 Å². The van der Waals surface area contributed by atoms with Gasteiger partial charge in [-0.1, -0.05) is 52.3 Å². The molecule has 0 aliphatic carbocycles. The summed E-state index contributed by atoms with van der Waals surface area (Å²) >= 11 is 3.43. The van der Waals surface area contributed by atoms with Crippen LogP contribution in [-0.4, -0.2) is 17.5 Å². The molecule has 0 fully saturated rings. The number of rotatable bonds is 7. The largest absolute Gasteiger partial charge is 0.367 e. The Labute approximate surface area is 161 Å². The van der Waals surface area contributed by atoms with Crippen molar-refractivity contribution in [2.75, 3.05) is 11.5 Å². The van der Waals surface area contributed by atoms with Crippen LogP contribution < -0.4 is 4.90 Å². The van der Waals surface area contributed by atoms with E-state index in [0.29, 0.717) is 13.2 Å². The summed E-state index contributed by atoms with van der Waals surface area (Å²) < 4.78 is 6.59. The molecule has 0 aliphatic rings. The van der Waals surface area contributed by atoms with E-state index in [-0.39, 0.29) is 12.5 Å². The maximum Gasteiger partial charge on any atom is 0.253 e. The van der Waals surface area contributed by atoms with E-state index < -0.39 is 0 Å². The molecule has 0 unspecified atom stereocenters. The fraction of sp³-hybridized carbons (Fsp3) is 0.143. The summed E-state index contributed by atoms with van der Waals surface area (Å²) in [6, 6.07) is 23.1. The van der Waals surface area contributed by atoms with Gasteiger partial charge in [-0.3, -0.25) is 9.78 Å². The van der Waals surface area contributed by atoms with E-state index in [1.165, 1.54) is 0 Å². The van der Waals surface area contributed by atoms with Crippen molar-refractivity contribution in [1.82, 2.24) is 4.98 Å². The molecule has 132 valence electrons. The van der Waals surface area contributed by atoms with Crippen molar-refractivity contribution in [3.63, 3.8) is 0 Å². The second kappa shape index (κ2) is 9.27. The van der Waals surface area contributed by atoms with E-state index in [4.69, 9.17) is 4.74 Å². The Bertz CT molecular complexity index is 824. The molecule has 0 N–H and O–H groups in total. The van der Waals surface area contributed by atoms with Crippen LogP contribution in [0.4, 0.5) is 5.69 Å². The summed E-state index contributed by atoms with van der Waals surface area (Å²) in [4.78, 5) is 18.8. The molecule has 0 bridgehead atoms. The maximum absolute atomic E-state index is 12.8. The Morgan fingerprint density at radius 2 is 1.69 bits per heavy atom. The van der Waals surface area contributed by atoms with Gasteiger partial charge in [-0.2, -0.15) is 0 Å². The van der Waals surface area contributed by atoms with Gasteiger partial charge in [0.1, 0.15) is 6.61 Å². The first-order valence-corrected chi connectivity index (χ1v) is 9.09. The monoisotopic (exact) mass is 410 g/mol. The van der Waals surface area contributed by atoms with Gasteiger partial charge < -0.3 is 9.64 Å². The van der Waals surface area contributed by atoms with Crippen LogP contribution in [0.1, 0.15) is 11.3 Å². The lowest BCUT2D eigenvalue weighted by molar-refractivity contribution is -0.123. The number of ether oxygens (including phenoxy) is 1. The number of nitrogens with zero attached hydrogens (tertiary/aromatic N) is 2. The molecule has 0 saturated heterocycles. The summed E-state index contributed by atoms with van der Waals surface area (Å²) in [5.41, 5.74) is 2.68. The molecule has 1 amide bonds. The summed E-state index contributed by atoms with van der Waals surface area (Å²) in [5, 5.41) is 0. The quantitative estimate of drug-likeness (QED) is 0.571. The van der Waals surface area contributed by atoms with E-state index in [9.17, 15) is 4.79 Å². The third-order valence-corrected chi connectivity index (χ3v) is 4.35. The minimum Gasteiger partial charge on any atom is -0.367 e. The molecule has 26 heavy (non-hydrogen) atoms. The number of amides is 1. The fourth-order valence-electron chi connectivity index (χ4n) is 2.51. The standard InChI is InChI=1S/C21H19BrN2O2/c22-18-9-11-20(12-10-18)24(14-19-8-4-5-13-23-19)21(25)16-26-15-17-6-2-1-3-7-17/h1-13H,14-16H2. The molecule has 5 heteroatoms. The number of pyridine rings is 1. The predicted molar refractivity (Wildman–Crippen MR) is 106 cm³/mol. The molecule has 3 rings (SSSR count). The SMILES string of the molecule is O=C(COCc1ccccc1)N(Cc1ccccn1)c1ccc(Br)cc1. The highest BCUT2D eigenvalue weighted by Crippen LogP contribution is 2.20. The highest BCUT2D eigenvalue weighted by atomic mass is 79.9. The van der Waals surface area contributed by atoms with Gasteiger partial charge >= 0.3 is 0 Å². The van der Waals surface area contributed by atoms with Crippen LogP contribution >= 0.6 is 15.9 Å². The van der Waals surface area contributed by atoms with Crippen LogP contribution in [0.15, 0.2) is 83.5 Å². The van der Waals surface area contributed by atoms with E-state index in [1.54, 1.807) is 11.1 Å². The first-order chi connectivity index (χ1) is 12.7. The second-order valence-corrected chi connectivity index (χ2v) is 6.67. The molecule has 0 saturated carbocycles. The van der Waals surface area contributed by atoms with Crippen molar-refractivity contribution in [2.24, 2.45) is 0 Å². The Kier molecular flexibility index (Phi) is 6.52. The van der Waals surface area contributed by atoms with Crippen molar-refractivity contribution < 1.29 is 9.53 Å². The Morgan fingerprint density at radius 1 is 0.962 bits per heavy atom. The molecule has 0 atom stereocenters. The van der Waals surface area contributed by atoms with Gasteiger partial charge in [0.05, 0.1) is 18.8 Å². The zero-order valence-electron chi connectivity index (χ0n) is 14.2. The molecular weight excluding hydrogens is 392 g/mol. The molecular formula is C21H19BrN2O2. The third-order valence-electron chi connectivity index (χ3n) is 3.82. The zero-order valence-corrected chi connectivity index (χ0v) is 15.8. The van der Waals surface area contributed by atoms with Gasteiger partial charge in [0.2, 0.25) is 0 Å². The molecule has 2 aromatic carbocycles. The van der Waals surface area contributed by atoms with E-state index >= 15 is 0 Å². The first-order valence-electron chi connectivity index (χ1n) is 8.30. The molecule has 3 aromatic rings. The number of anilines is 1. The van der Waals surface area contributed by atoms with Gasteiger partial charge in [0, 0.05) is 16.4 Å². The number of aromatic nitrogens is 1. The number of hydrogen-bond donors (Lipinski definition) is 0. The van der Waals surface area contributed by atoms with Crippen molar-refractivity contribution >= 4 is 27.5 Å². The predicted octanol–water partition coefficient (Wildman–Crippen LogP) is 4.59. The Balaban J connectivity index is 1.69. The molecule has 0 spiro atoms. The topological polar surface area (TPSA) is 42.4 Å². The summed E-state index contributed by atoms with van der Waals surface area (Å²) in [6.07, 6.45) is 1.73. The highest BCUT2D eigenvalue weighted by Gasteiger charge is 2.17. The molecule has 1 aromatic heterocycles. The fourth-order valence-corrected chi connectivity index (χ4v) is 2.77. The number of carbonyl (C=O) groups excluding carboxylic acids is 1. The number of benzene rings is 2. The average molecular weight is 411 g/mol. The minimum absolute atomic E-state index is 0.0117. The minimum atomic E-state index is -0.103. The lowest BCUT2D eigenvalue weighted by Crippen LogP contribution is -2.33. The van der Waals surface area contributed by atoms with E-state index in [1.807, 2.05) is 72.8 Å². The van der Waals surface area contributed by atoms with Crippen LogP contribution in [-0.2, 0) is 22.7 Å². The van der Waals surface area contributed by atoms with Crippen LogP contribution in [0.5, 0.6) is 0 Å². The van der Waals surface area contributed by atoms with E-state index in [2.05, 4.69) is 20.9 Å². The summed E-state index contributed by atoms with van der Waals surface area (Å²) in [6.45, 7) is 0.818. The third kappa shape index (κ3) is 5.25. The Hall–Kier alpha value is -2.50. The molecule has 4 nitrogen and oxygen atoms in total. The highest BCUT2D eigenvalue weighted by molar-refractivity contribution is 9.10. The van der Waals surface area contributed by atoms with Crippen molar-refractivity contribution in [3.05, 3.63) is 94.7 Å². The van der Waals surface area contributed by atoms with Crippen molar-refractivity contribution in [3.8, 4) is 0 Å². The van der Waals surface area contributed by atoms with Crippen LogP contribution in [0, 0.1) is 0 Å². The van der Waals surface area contributed by atoms with Crippen LogP contribution in [0.3, 0.4) is 0 Å². The van der Waals surface area contributed by atoms with Gasteiger partial charge in [-0.15, -0.1) is 0 Å².